The van der Waals surface area contributed by atoms with Gasteiger partial charge in [-0.05, 0) is 25.1 Å². The summed E-state index contributed by atoms with van der Waals surface area (Å²) in [6.07, 6.45) is 0.139. The van der Waals surface area contributed by atoms with Crippen molar-refractivity contribution in [3.63, 3.8) is 0 Å². The summed E-state index contributed by atoms with van der Waals surface area (Å²) >= 11 is 5.96. The highest BCUT2D eigenvalue weighted by molar-refractivity contribution is 6.46. The van der Waals surface area contributed by atoms with Crippen molar-refractivity contribution < 1.29 is 23.9 Å². The van der Waals surface area contributed by atoms with Crippen molar-refractivity contribution in [3.05, 3.63) is 29.3 Å². The first-order valence-corrected chi connectivity index (χ1v) is 8.29. The van der Waals surface area contributed by atoms with Gasteiger partial charge in [0.05, 0.1) is 12.8 Å². The lowest BCUT2D eigenvalue weighted by Crippen LogP contribution is -2.39. The van der Waals surface area contributed by atoms with Gasteiger partial charge in [-0.15, -0.1) is 0 Å². The topological polar surface area (TPSA) is 96.3 Å². The van der Waals surface area contributed by atoms with E-state index in [2.05, 4.69) is 5.10 Å². The summed E-state index contributed by atoms with van der Waals surface area (Å²) in [6.45, 7) is 1.54. The first-order chi connectivity index (χ1) is 12.3. The Labute approximate surface area is 154 Å². The summed E-state index contributed by atoms with van der Waals surface area (Å²) in [6, 6.07) is 5.34. The molecule has 9 heteroatoms. The number of methoxy groups -OCH3 is 1. The second-order valence-electron chi connectivity index (χ2n) is 6.01. The summed E-state index contributed by atoms with van der Waals surface area (Å²) in [5.74, 6) is -3.03. The lowest BCUT2D eigenvalue weighted by atomic mass is 9.98. The third-order valence-electron chi connectivity index (χ3n) is 4.28. The van der Waals surface area contributed by atoms with Gasteiger partial charge in [-0.25, -0.2) is 9.69 Å². The Morgan fingerprint density at radius 2 is 2.00 bits per heavy atom. The van der Waals surface area contributed by atoms with Gasteiger partial charge in [0.2, 0.25) is 5.91 Å². The normalized spacial score (nSPS) is 21.7. The largest absolute Gasteiger partial charge is 0.464 e. The number of benzene rings is 1. The molecule has 2 aliphatic heterocycles. The Morgan fingerprint density at radius 3 is 2.62 bits per heavy atom. The van der Waals surface area contributed by atoms with Crippen molar-refractivity contribution in [3.8, 4) is 0 Å². The van der Waals surface area contributed by atoms with Crippen LogP contribution in [0.3, 0.4) is 0 Å². The Morgan fingerprint density at radius 1 is 1.27 bits per heavy atom. The number of halogens is 1. The van der Waals surface area contributed by atoms with Gasteiger partial charge in [-0.2, -0.15) is 5.10 Å². The molecular formula is C17H16ClN3O5. The second-order valence-corrected chi connectivity index (χ2v) is 6.44. The number of imide groups is 1. The second kappa shape index (κ2) is 6.87. The number of carbonyl (C=O) groups is 4. The molecule has 2 amide bonds. The highest BCUT2D eigenvalue weighted by Crippen LogP contribution is 2.36. The fraction of sp³-hybridized carbons (Fsp3) is 0.353. The summed E-state index contributed by atoms with van der Waals surface area (Å²) < 4.78 is 4.69. The van der Waals surface area contributed by atoms with Gasteiger partial charge in [0, 0.05) is 18.0 Å². The van der Waals surface area contributed by atoms with Crippen LogP contribution in [-0.2, 0) is 23.9 Å². The first-order valence-electron chi connectivity index (χ1n) is 7.91. The number of ether oxygens (including phenoxy) is 1. The predicted octanol–water partition coefficient (Wildman–Crippen LogP) is 1.02. The van der Waals surface area contributed by atoms with E-state index in [4.69, 9.17) is 16.3 Å². The van der Waals surface area contributed by atoms with E-state index in [1.165, 1.54) is 25.1 Å². The third-order valence-corrected chi connectivity index (χ3v) is 4.52. The molecule has 0 aromatic heterocycles. The van der Waals surface area contributed by atoms with Crippen LogP contribution in [-0.4, -0.2) is 54.0 Å². The number of rotatable bonds is 5. The monoisotopic (exact) mass is 377 g/mol. The molecule has 0 bridgehead atoms. The van der Waals surface area contributed by atoms with Crippen molar-refractivity contribution in [2.75, 3.05) is 18.6 Å². The van der Waals surface area contributed by atoms with Crippen LogP contribution >= 0.6 is 11.6 Å². The van der Waals surface area contributed by atoms with E-state index >= 15 is 0 Å². The molecule has 0 N–H and O–H groups in total. The zero-order valence-electron chi connectivity index (χ0n) is 14.1. The Balaban J connectivity index is 1.99. The molecule has 8 nitrogen and oxygen atoms in total. The van der Waals surface area contributed by atoms with Crippen LogP contribution in [0.15, 0.2) is 29.4 Å². The zero-order valence-corrected chi connectivity index (χ0v) is 14.9. The number of hydrazone groups is 1. The number of hydrogen-bond donors (Lipinski definition) is 0. The maximum Gasteiger partial charge on any atom is 0.355 e. The van der Waals surface area contributed by atoms with E-state index < -0.39 is 29.7 Å². The first kappa shape index (κ1) is 18.1. The average Bonchev–Trinajstić information content (AvgIpc) is 3.09. The summed E-state index contributed by atoms with van der Waals surface area (Å²) in [4.78, 5) is 50.2. The number of amides is 2. The Hall–Kier alpha value is -2.74. The number of carbonyl (C=O) groups excluding carboxylic acids is 4. The van der Waals surface area contributed by atoms with Crippen molar-refractivity contribution in [2.45, 2.75) is 19.4 Å². The molecule has 2 heterocycles. The minimum Gasteiger partial charge on any atom is -0.464 e. The highest BCUT2D eigenvalue weighted by atomic mass is 35.5. The Bertz CT molecular complexity index is 837. The van der Waals surface area contributed by atoms with Crippen LogP contribution in [0, 0.1) is 5.92 Å². The van der Waals surface area contributed by atoms with Gasteiger partial charge >= 0.3 is 5.97 Å². The summed E-state index contributed by atoms with van der Waals surface area (Å²) in [5, 5.41) is 5.78. The van der Waals surface area contributed by atoms with E-state index in [1.54, 1.807) is 18.2 Å². The van der Waals surface area contributed by atoms with Crippen LogP contribution in [0.4, 0.5) is 5.69 Å². The zero-order chi connectivity index (χ0) is 19.0. The van der Waals surface area contributed by atoms with Crippen LogP contribution in [0.1, 0.15) is 13.3 Å². The van der Waals surface area contributed by atoms with E-state index in [0.29, 0.717) is 10.7 Å². The molecule has 1 fully saturated rings. The number of hydrogen-bond acceptors (Lipinski definition) is 7. The fourth-order valence-electron chi connectivity index (χ4n) is 3.09. The number of nitrogens with zero attached hydrogens (tertiary/aromatic N) is 3. The molecule has 1 saturated heterocycles. The molecule has 26 heavy (non-hydrogen) atoms. The SMILES string of the molecule is COC(=O)C1=NN(CCC(C)=O)[C@H]2C(=O)N(c3cccc(Cl)c3)C(=O)[C@H]12. The maximum atomic E-state index is 12.9. The smallest absolute Gasteiger partial charge is 0.355 e. The van der Waals surface area contributed by atoms with Gasteiger partial charge in [0.1, 0.15) is 17.7 Å². The number of esters is 1. The molecule has 2 atom stereocenters. The highest BCUT2D eigenvalue weighted by Gasteiger charge is 2.58. The minimum absolute atomic E-state index is 0.0910. The maximum absolute atomic E-state index is 12.9. The molecule has 0 unspecified atom stereocenters. The van der Waals surface area contributed by atoms with Crippen molar-refractivity contribution in [1.29, 1.82) is 0 Å². The summed E-state index contributed by atoms with van der Waals surface area (Å²) in [5.41, 5.74) is 0.182. The number of fused-ring (bicyclic) bond motifs is 1. The number of ketones is 1. The predicted molar refractivity (Wildman–Crippen MR) is 92.7 cm³/mol. The van der Waals surface area contributed by atoms with Gasteiger partial charge < -0.3 is 4.74 Å². The van der Waals surface area contributed by atoms with Crippen LogP contribution in [0.2, 0.25) is 5.02 Å². The van der Waals surface area contributed by atoms with Crippen LogP contribution < -0.4 is 4.90 Å². The molecule has 0 spiro atoms. The van der Waals surface area contributed by atoms with Gasteiger partial charge in [0.25, 0.3) is 5.91 Å². The van der Waals surface area contributed by atoms with E-state index in [9.17, 15) is 19.2 Å². The molecule has 0 saturated carbocycles. The lowest BCUT2D eigenvalue weighted by molar-refractivity contribution is -0.133. The van der Waals surface area contributed by atoms with E-state index in [-0.39, 0.29) is 24.5 Å². The molecule has 0 aliphatic carbocycles. The van der Waals surface area contributed by atoms with Gasteiger partial charge in [0.15, 0.2) is 5.71 Å². The quantitative estimate of drug-likeness (QED) is 0.561. The molecule has 0 radical (unpaired) electrons. The summed E-state index contributed by atoms with van der Waals surface area (Å²) in [7, 11) is 1.17. The molecule has 1 aromatic rings. The van der Waals surface area contributed by atoms with Crippen molar-refractivity contribution in [2.24, 2.45) is 11.0 Å². The molecule has 2 aliphatic rings. The van der Waals surface area contributed by atoms with Gasteiger partial charge in [-0.3, -0.25) is 19.4 Å². The average molecular weight is 378 g/mol. The molecule has 1 aromatic carbocycles. The molecular weight excluding hydrogens is 362 g/mol. The molecule has 136 valence electrons. The number of Topliss-reactive ketones (excluding diaryl/α,β-unsaturated/α-hetero) is 1. The Kier molecular flexibility index (Phi) is 4.78. The molecule has 3 rings (SSSR count). The standard InChI is InChI=1S/C17H16ClN3O5/c1-9(22)6-7-20-14-12(13(19-20)17(25)26-2)15(23)21(16(14)24)11-5-3-4-10(18)8-11/h3-5,8,12,14H,6-7H2,1-2H3/t12-,14-/m1/s1. The van der Waals surface area contributed by atoms with Crippen LogP contribution in [0.5, 0.6) is 0 Å². The van der Waals surface area contributed by atoms with Gasteiger partial charge in [-0.1, -0.05) is 17.7 Å². The third kappa shape index (κ3) is 2.96. The van der Waals surface area contributed by atoms with E-state index in [1.807, 2.05) is 0 Å². The fourth-order valence-corrected chi connectivity index (χ4v) is 3.27. The van der Waals surface area contributed by atoms with Crippen molar-refractivity contribution >= 4 is 46.6 Å². The van der Waals surface area contributed by atoms with Crippen LogP contribution in [0.25, 0.3) is 0 Å². The minimum atomic E-state index is -1.07. The van der Waals surface area contributed by atoms with Crippen molar-refractivity contribution in [1.82, 2.24) is 5.01 Å². The number of anilines is 1. The van der Waals surface area contributed by atoms with E-state index in [0.717, 1.165) is 4.90 Å². The lowest BCUT2D eigenvalue weighted by Gasteiger charge is -2.21.